The summed E-state index contributed by atoms with van der Waals surface area (Å²) in [5, 5.41) is 2.96. The van der Waals surface area contributed by atoms with Crippen LogP contribution in [0.15, 0.2) is 18.5 Å². The second-order valence-electron chi connectivity index (χ2n) is 6.65. The highest BCUT2D eigenvalue weighted by molar-refractivity contribution is 7.97. The SMILES string of the molecule is CC#CCOCC1CCN(SCC(CCCc2ncccn2)NC=O)CC1. The Hall–Kier alpha value is -1.62. The van der Waals surface area contributed by atoms with Gasteiger partial charge in [0.25, 0.3) is 0 Å². The maximum absolute atomic E-state index is 10.9. The van der Waals surface area contributed by atoms with E-state index in [4.69, 9.17) is 4.74 Å². The third kappa shape index (κ3) is 9.23. The lowest BCUT2D eigenvalue weighted by Crippen LogP contribution is -2.35. The smallest absolute Gasteiger partial charge is 0.207 e. The van der Waals surface area contributed by atoms with Gasteiger partial charge in [-0.15, -0.1) is 5.92 Å². The quantitative estimate of drug-likeness (QED) is 0.256. The summed E-state index contributed by atoms with van der Waals surface area (Å²) in [6.07, 6.45) is 9.41. The number of nitrogens with one attached hydrogen (secondary N) is 1. The molecule has 1 amide bonds. The summed E-state index contributed by atoms with van der Waals surface area (Å²) < 4.78 is 8.02. The first kappa shape index (κ1) is 21.7. The Morgan fingerprint density at radius 2 is 2.19 bits per heavy atom. The Bertz CT molecular complexity index is 583. The van der Waals surface area contributed by atoms with Crippen LogP contribution in [0.2, 0.25) is 0 Å². The van der Waals surface area contributed by atoms with Crippen molar-refractivity contribution in [3.63, 3.8) is 0 Å². The van der Waals surface area contributed by atoms with Crippen molar-refractivity contribution >= 4 is 18.4 Å². The van der Waals surface area contributed by atoms with Crippen LogP contribution >= 0.6 is 11.9 Å². The number of carbonyl (C=O) groups is 1. The molecular formula is C20H30N4O2S. The Balaban J connectivity index is 1.61. The van der Waals surface area contributed by atoms with Crippen LogP contribution in [0, 0.1) is 17.8 Å². The van der Waals surface area contributed by atoms with Crippen LogP contribution in [-0.4, -0.2) is 58.8 Å². The van der Waals surface area contributed by atoms with Crippen molar-refractivity contribution < 1.29 is 9.53 Å². The summed E-state index contributed by atoms with van der Waals surface area (Å²) in [6.45, 7) is 5.33. The van der Waals surface area contributed by atoms with Crippen LogP contribution in [0.1, 0.15) is 38.4 Å². The number of amides is 1. The number of ether oxygens (including phenoxy) is 1. The minimum absolute atomic E-state index is 0.185. The molecule has 7 heteroatoms. The second-order valence-corrected chi connectivity index (χ2v) is 7.76. The predicted octanol–water partition coefficient (Wildman–Crippen LogP) is 2.31. The van der Waals surface area contributed by atoms with Gasteiger partial charge >= 0.3 is 0 Å². The highest BCUT2D eigenvalue weighted by atomic mass is 32.2. The molecule has 27 heavy (non-hydrogen) atoms. The molecule has 148 valence electrons. The van der Waals surface area contributed by atoms with E-state index < -0.39 is 0 Å². The number of hydrogen-bond acceptors (Lipinski definition) is 6. The third-order valence-electron chi connectivity index (χ3n) is 4.61. The minimum Gasteiger partial charge on any atom is -0.368 e. The number of nitrogens with zero attached hydrogens (tertiary/aromatic N) is 3. The van der Waals surface area contributed by atoms with Crippen LogP contribution in [0.25, 0.3) is 0 Å². The molecule has 0 radical (unpaired) electrons. The van der Waals surface area contributed by atoms with Crippen LogP contribution in [0.4, 0.5) is 0 Å². The molecule has 6 nitrogen and oxygen atoms in total. The highest BCUT2D eigenvalue weighted by Gasteiger charge is 2.20. The summed E-state index contributed by atoms with van der Waals surface area (Å²) in [5.41, 5.74) is 0. The van der Waals surface area contributed by atoms with E-state index in [0.29, 0.717) is 12.5 Å². The average Bonchev–Trinajstić information content (AvgIpc) is 2.71. The van der Waals surface area contributed by atoms with Crippen molar-refractivity contribution in [3.8, 4) is 11.8 Å². The van der Waals surface area contributed by atoms with Gasteiger partial charge in [-0.3, -0.25) is 9.10 Å². The summed E-state index contributed by atoms with van der Waals surface area (Å²) in [6, 6.07) is 2.01. The van der Waals surface area contributed by atoms with E-state index >= 15 is 0 Å². The van der Waals surface area contributed by atoms with Gasteiger partial charge in [0.2, 0.25) is 6.41 Å². The Morgan fingerprint density at radius 1 is 1.41 bits per heavy atom. The molecule has 0 saturated carbocycles. The normalized spacial score (nSPS) is 16.3. The van der Waals surface area contributed by atoms with Gasteiger partial charge in [0, 0.05) is 43.7 Å². The monoisotopic (exact) mass is 390 g/mol. The van der Waals surface area contributed by atoms with E-state index in [1.165, 1.54) is 0 Å². The molecule has 0 aliphatic carbocycles. The number of hydrogen-bond donors (Lipinski definition) is 1. The van der Waals surface area contributed by atoms with Crippen LogP contribution in [0.3, 0.4) is 0 Å². The maximum atomic E-state index is 10.9. The second kappa shape index (κ2) is 13.5. The zero-order valence-electron chi connectivity index (χ0n) is 16.1. The largest absolute Gasteiger partial charge is 0.368 e. The first-order valence-electron chi connectivity index (χ1n) is 9.62. The zero-order chi connectivity index (χ0) is 19.2. The van der Waals surface area contributed by atoms with Crippen LogP contribution in [-0.2, 0) is 16.0 Å². The molecule has 1 saturated heterocycles. The Kier molecular flexibility index (Phi) is 10.9. The van der Waals surface area contributed by atoms with Crippen molar-refractivity contribution in [2.24, 2.45) is 5.92 Å². The van der Waals surface area contributed by atoms with Gasteiger partial charge in [-0.1, -0.05) is 17.9 Å². The number of aromatic nitrogens is 2. The molecule has 1 atom stereocenters. The lowest BCUT2D eigenvalue weighted by Gasteiger charge is -2.31. The molecule has 0 aromatic carbocycles. The topological polar surface area (TPSA) is 67.3 Å². The zero-order valence-corrected chi connectivity index (χ0v) is 16.9. The maximum Gasteiger partial charge on any atom is 0.207 e. The van der Waals surface area contributed by atoms with Crippen molar-refractivity contribution in [3.05, 3.63) is 24.3 Å². The molecule has 0 bridgehead atoms. The fourth-order valence-electron chi connectivity index (χ4n) is 3.03. The first-order valence-corrected chi connectivity index (χ1v) is 10.6. The average molecular weight is 391 g/mol. The number of piperidine rings is 1. The standard InChI is InChI=1S/C20H30N4O2S/c1-2-3-14-26-15-18-8-12-24(13-9-18)27-16-19(23-17-25)6-4-7-20-21-10-5-11-22-20/h5,10-11,17-19H,4,6-9,12-16H2,1H3,(H,23,25). The fourth-order valence-corrected chi connectivity index (χ4v) is 4.15. The lowest BCUT2D eigenvalue weighted by molar-refractivity contribution is -0.110. The van der Waals surface area contributed by atoms with Crippen molar-refractivity contribution in [1.82, 2.24) is 19.6 Å². The van der Waals surface area contributed by atoms with Gasteiger partial charge in [0.05, 0.1) is 6.61 Å². The lowest BCUT2D eigenvalue weighted by atomic mass is 9.99. The highest BCUT2D eigenvalue weighted by Crippen LogP contribution is 2.24. The van der Waals surface area contributed by atoms with Gasteiger partial charge in [-0.25, -0.2) is 9.97 Å². The van der Waals surface area contributed by atoms with Gasteiger partial charge in [0.1, 0.15) is 12.4 Å². The molecule has 1 N–H and O–H groups in total. The molecular weight excluding hydrogens is 360 g/mol. The van der Waals surface area contributed by atoms with E-state index in [1.807, 2.05) is 24.9 Å². The van der Waals surface area contributed by atoms with E-state index in [2.05, 4.69) is 31.4 Å². The van der Waals surface area contributed by atoms with Crippen molar-refractivity contribution in [1.29, 1.82) is 0 Å². The molecule has 1 aliphatic rings. The predicted molar refractivity (Wildman–Crippen MR) is 109 cm³/mol. The molecule has 1 aliphatic heterocycles. The van der Waals surface area contributed by atoms with E-state index in [9.17, 15) is 4.79 Å². The summed E-state index contributed by atoms with van der Waals surface area (Å²) in [7, 11) is 0. The van der Waals surface area contributed by atoms with Crippen molar-refractivity contribution in [2.45, 2.75) is 45.1 Å². The molecule has 1 aromatic heterocycles. The number of aryl methyl sites for hydroxylation is 1. The van der Waals surface area contributed by atoms with E-state index in [1.54, 1.807) is 12.4 Å². The third-order valence-corrected chi connectivity index (χ3v) is 5.89. The summed E-state index contributed by atoms with van der Waals surface area (Å²) in [4.78, 5) is 19.4. The molecule has 1 aromatic rings. The molecule has 1 fully saturated rings. The van der Waals surface area contributed by atoms with Crippen LogP contribution in [0.5, 0.6) is 0 Å². The van der Waals surface area contributed by atoms with Gasteiger partial charge < -0.3 is 10.1 Å². The molecule has 2 heterocycles. The van der Waals surface area contributed by atoms with E-state index in [0.717, 1.165) is 69.8 Å². The Labute approximate surface area is 167 Å². The summed E-state index contributed by atoms with van der Waals surface area (Å²) in [5.74, 6) is 8.19. The fraction of sp³-hybridized carbons (Fsp3) is 0.650. The summed E-state index contributed by atoms with van der Waals surface area (Å²) >= 11 is 1.84. The molecule has 1 unspecified atom stereocenters. The van der Waals surface area contributed by atoms with Crippen molar-refractivity contribution in [2.75, 3.05) is 32.1 Å². The first-order chi connectivity index (χ1) is 13.3. The number of rotatable bonds is 12. The Morgan fingerprint density at radius 3 is 2.89 bits per heavy atom. The molecule has 0 spiro atoms. The van der Waals surface area contributed by atoms with Gasteiger partial charge in [0.15, 0.2) is 0 Å². The van der Waals surface area contributed by atoms with Gasteiger partial charge in [-0.05, 0) is 44.6 Å². The molecule has 2 rings (SSSR count). The van der Waals surface area contributed by atoms with E-state index in [-0.39, 0.29) is 6.04 Å². The number of carbonyl (C=O) groups excluding carboxylic acids is 1. The van der Waals surface area contributed by atoms with Gasteiger partial charge in [-0.2, -0.15) is 0 Å². The minimum atomic E-state index is 0.185. The van der Waals surface area contributed by atoms with Crippen LogP contribution < -0.4 is 5.32 Å².